The van der Waals surface area contributed by atoms with E-state index in [9.17, 15) is 14.7 Å². The maximum Gasteiger partial charge on any atom is 0.270 e. The molecular formula is C20H26N4O3. The van der Waals surface area contributed by atoms with Crippen LogP contribution >= 0.6 is 0 Å². The van der Waals surface area contributed by atoms with Crippen LogP contribution in [0, 0.1) is 12.3 Å². The van der Waals surface area contributed by atoms with Gasteiger partial charge in [-0.05, 0) is 51.9 Å². The number of aliphatic hydroxyl groups is 1. The number of amides is 1. The number of carbonyl (C=O) groups excluding carboxylic acids is 1. The molecule has 27 heavy (non-hydrogen) atoms. The molecule has 2 aromatic heterocycles. The molecule has 0 aliphatic carbocycles. The molecule has 2 aromatic rings. The van der Waals surface area contributed by atoms with Crippen LogP contribution in [0.4, 0.5) is 0 Å². The smallest absolute Gasteiger partial charge is 0.270 e. The summed E-state index contributed by atoms with van der Waals surface area (Å²) in [7, 11) is 2.05. The number of rotatable bonds is 2. The summed E-state index contributed by atoms with van der Waals surface area (Å²) in [6, 6.07) is 5.55. The van der Waals surface area contributed by atoms with E-state index in [4.69, 9.17) is 0 Å². The molecule has 7 heteroatoms. The van der Waals surface area contributed by atoms with Crippen LogP contribution in [-0.4, -0.2) is 69.5 Å². The number of aromatic nitrogens is 2. The minimum absolute atomic E-state index is 0.108. The quantitative estimate of drug-likeness (QED) is 0.851. The first-order chi connectivity index (χ1) is 13.0. The number of aryl methyl sites for hydroxylation is 1. The van der Waals surface area contributed by atoms with Crippen LogP contribution in [-0.2, 0) is 0 Å². The van der Waals surface area contributed by atoms with Crippen molar-refractivity contribution in [1.82, 2.24) is 19.2 Å². The molecule has 0 saturated carbocycles. The molecule has 4 heterocycles. The van der Waals surface area contributed by atoms with Crippen LogP contribution in [0.25, 0.3) is 5.65 Å². The lowest BCUT2D eigenvalue weighted by Crippen LogP contribution is -2.62. The van der Waals surface area contributed by atoms with E-state index in [2.05, 4.69) is 16.9 Å². The predicted octanol–water partition coefficient (Wildman–Crippen LogP) is 0.922. The highest BCUT2D eigenvalue weighted by molar-refractivity contribution is 5.94. The summed E-state index contributed by atoms with van der Waals surface area (Å²) in [5, 5.41) is 10.0. The number of piperidine rings is 2. The number of hydrogen-bond acceptors (Lipinski definition) is 5. The third-order valence-electron chi connectivity index (χ3n) is 6.45. The zero-order valence-electron chi connectivity index (χ0n) is 15.9. The summed E-state index contributed by atoms with van der Waals surface area (Å²) in [5.74, 6) is -0.268. The summed E-state index contributed by atoms with van der Waals surface area (Å²) >= 11 is 0. The van der Waals surface area contributed by atoms with E-state index in [1.165, 1.54) is 10.6 Å². The van der Waals surface area contributed by atoms with Crippen LogP contribution in [0.15, 0.2) is 29.2 Å². The minimum Gasteiger partial charge on any atom is -0.396 e. The second-order valence-corrected chi connectivity index (χ2v) is 7.96. The van der Waals surface area contributed by atoms with E-state index in [-0.39, 0.29) is 35.1 Å². The zero-order valence-corrected chi connectivity index (χ0v) is 15.9. The Labute approximate surface area is 158 Å². The predicted molar refractivity (Wildman–Crippen MR) is 102 cm³/mol. The average molecular weight is 370 g/mol. The van der Waals surface area contributed by atoms with Gasteiger partial charge in [0.05, 0.1) is 6.61 Å². The first kappa shape index (κ1) is 18.1. The third kappa shape index (κ3) is 2.85. The number of fused-ring (bicyclic) bond motifs is 2. The molecular weight excluding hydrogens is 344 g/mol. The van der Waals surface area contributed by atoms with Crippen LogP contribution < -0.4 is 5.56 Å². The molecule has 0 radical (unpaired) electrons. The second kappa shape index (κ2) is 6.73. The molecule has 0 bridgehead atoms. The van der Waals surface area contributed by atoms with Crippen molar-refractivity contribution >= 4 is 11.6 Å². The molecule has 1 N–H and O–H groups in total. The van der Waals surface area contributed by atoms with E-state index < -0.39 is 0 Å². The molecule has 7 nitrogen and oxygen atoms in total. The molecule has 2 saturated heterocycles. The SMILES string of the molecule is Cc1cccc2ncc(C(=O)N3CC[C@@]4(CO)CCCN(C)[C@@H]4C3)c(=O)n12. The van der Waals surface area contributed by atoms with Crippen molar-refractivity contribution in [3.8, 4) is 0 Å². The van der Waals surface area contributed by atoms with Gasteiger partial charge in [-0.15, -0.1) is 0 Å². The van der Waals surface area contributed by atoms with Gasteiger partial charge in [-0.2, -0.15) is 0 Å². The maximum absolute atomic E-state index is 13.1. The van der Waals surface area contributed by atoms with E-state index in [0.29, 0.717) is 18.7 Å². The first-order valence-corrected chi connectivity index (χ1v) is 9.55. The van der Waals surface area contributed by atoms with E-state index in [0.717, 1.165) is 31.5 Å². The lowest BCUT2D eigenvalue weighted by molar-refractivity contribution is -0.0601. The summed E-state index contributed by atoms with van der Waals surface area (Å²) < 4.78 is 1.49. The molecule has 2 aliphatic rings. The van der Waals surface area contributed by atoms with E-state index >= 15 is 0 Å². The van der Waals surface area contributed by atoms with Gasteiger partial charge in [-0.3, -0.25) is 14.0 Å². The monoisotopic (exact) mass is 370 g/mol. The molecule has 0 unspecified atom stereocenters. The van der Waals surface area contributed by atoms with Crippen LogP contribution in [0.5, 0.6) is 0 Å². The van der Waals surface area contributed by atoms with Crippen LogP contribution in [0.3, 0.4) is 0 Å². The second-order valence-electron chi connectivity index (χ2n) is 7.96. The largest absolute Gasteiger partial charge is 0.396 e. The molecule has 1 amide bonds. The van der Waals surface area contributed by atoms with Gasteiger partial charge in [0.15, 0.2) is 0 Å². The van der Waals surface area contributed by atoms with Crippen molar-refractivity contribution in [2.75, 3.05) is 33.3 Å². The number of carbonyl (C=O) groups is 1. The molecule has 2 fully saturated rings. The van der Waals surface area contributed by atoms with Crippen molar-refractivity contribution < 1.29 is 9.90 Å². The Kier molecular flexibility index (Phi) is 4.52. The average Bonchev–Trinajstić information content (AvgIpc) is 2.68. The number of nitrogens with zero attached hydrogens (tertiary/aromatic N) is 4. The third-order valence-corrected chi connectivity index (χ3v) is 6.45. The number of aliphatic hydroxyl groups excluding tert-OH is 1. The Morgan fingerprint density at radius 3 is 2.93 bits per heavy atom. The first-order valence-electron chi connectivity index (χ1n) is 9.55. The Morgan fingerprint density at radius 2 is 2.15 bits per heavy atom. The van der Waals surface area contributed by atoms with Gasteiger partial charge in [-0.1, -0.05) is 6.07 Å². The van der Waals surface area contributed by atoms with Crippen molar-refractivity contribution in [1.29, 1.82) is 0 Å². The van der Waals surface area contributed by atoms with Crippen molar-refractivity contribution in [2.24, 2.45) is 5.41 Å². The summed E-state index contributed by atoms with van der Waals surface area (Å²) in [4.78, 5) is 34.4. The number of likely N-dealkylation sites (N-methyl/N-ethyl adjacent to an activating group) is 1. The minimum atomic E-state index is -0.320. The van der Waals surface area contributed by atoms with E-state index in [1.54, 1.807) is 11.0 Å². The van der Waals surface area contributed by atoms with Gasteiger partial charge in [0.1, 0.15) is 11.2 Å². The summed E-state index contributed by atoms with van der Waals surface area (Å²) in [6.45, 7) is 4.03. The standard InChI is InChI=1S/C20H26N4O3/c1-14-5-3-6-17-21-11-15(19(27)24(14)17)18(26)23-10-8-20(13-25)7-4-9-22(2)16(20)12-23/h3,5-6,11,16,25H,4,7-10,12-13H2,1-2H3/t16-,20-/m1/s1. The molecule has 2 atom stereocenters. The molecule has 2 aliphatic heterocycles. The zero-order chi connectivity index (χ0) is 19.2. The van der Waals surface area contributed by atoms with Crippen LogP contribution in [0.2, 0.25) is 0 Å². The normalized spacial score (nSPS) is 26.2. The molecule has 4 rings (SSSR count). The number of hydrogen-bond donors (Lipinski definition) is 1. The van der Waals surface area contributed by atoms with Gasteiger partial charge in [0.25, 0.3) is 11.5 Å². The fourth-order valence-corrected chi connectivity index (χ4v) is 4.79. The number of pyridine rings is 1. The fraction of sp³-hybridized carbons (Fsp3) is 0.550. The molecule has 144 valence electrons. The van der Waals surface area contributed by atoms with Crippen molar-refractivity contribution in [2.45, 2.75) is 32.2 Å². The highest BCUT2D eigenvalue weighted by atomic mass is 16.3. The maximum atomic E-state index is 13.1. The summed E-state index contributed by atoms with van der Waals surface area (Å²) in [6.07, 6.45) is 4.21. The molecule has 0 spiro atoms. The fourth-order valence-electron chi connectivity index (χ4n) is 4.79. The van der Waals surface area contributed by atoms with E-state index in [1.807, 2.05) is 19.1 Å². The molecule has 0 aromatic carbocycles. The Balaban J connectivity index is 1.66. The summed E-state index contributed by atoms with van der Waals surface area (Å²) in [5.41, 5.74) is 0.943. The van der Waals surface area contributed by atoms with Crippen molar-refractivity contribution in [3.63, 3.8) is 0 Å². The van der Waals surface area contributed by atoms with Gasteiger partial charge in [0.2, 0.25) is 0 Å². The topological polar surface area (TPSA) is 78.2 Å². The van der Waals surface area contributed by atoms with Gasteiger partial charge in [-0.25, -0.2) is 4.98 Å². The Hall–Kier alpha value is -2.25. The van der Waals surface area contributed by atoms with Crippen LogP contribution in [0.1, 0.15) is 35.3 Å². The van der Waals surface area contributed by atoms with Gasteiger partial charge in [0, 0.05) is 36.4 Å². The number of likely N-dealkylation sites (tertiary alicyclic amines) is 2. The highest BCUT2D eigenvalue weighted by Gasteiger charge is 2.47. The Morgan fingerprint density at radius 1 is 1.33 bits per heavy atom. The highest BCUT2D eigenvalue weighted by Crippen LogP contribution is 2.41. The lowest BCUT2D eigenvalue weighted by Gasteiger charge is -2.53. The van der Waals surface area contributed by atoms with Gasteiger partial charge < -0.3 is 14.9 Å². The van der Waals surface area contributed by atoms with Gasteiger partial charge >= 0.3 is 0 Å². The van der Waals surface area contributed by atoms with Crippen molar-refractivity contribution in [3.05, 3.63) is 46.0 Å². The lowest BCUT2D eigenvalue weighted by atomic mass is 9.69. The Bertz CT molecular complexity index is 940.